The van der Waals surface area contributed by atoms with E-state index in [0.717, 1.165) is 18.0 Å². The van der Waals surface area contributed by atoms with Gasteiger partial charge in [0.25, 0.3) is 0 Å². The summed E-state index contributed by atoms with van der Waals surface area (Å²) in [6.07, 6.45) is 10.1. The molecule has 3 rings (SSSR count). The second-order valence-corrected chi connectivity index (χ2v) is 13.1. The molecule has 0 aliphatic heterocycles. The smallest absolute Gasteiger partial charge is 0.183 e. The molecule has 1 aromatic heterocycles. The molecule has 2 aliphatic rings. The van der Waals surface area contributed by atoms with Crippen LogP contribution >= 0.6 is 0 Å². The van der Waals surface area contributed by atoms with Gasteiger partial charge in [0.05, 0.1) is 5.69 Å². The number of aromatic amines is 1. The molecule has 3 heteroatoms. The number of fused-ring (bicyclic) bond motifs is 1. The van der Waals surface area contributed by atoms with Crippen LogP contribution in [-0.2, 0) is 0 Å². The van der Waals surface area contributed by atoms with Crippen LogP contribution in [0.3, 0.4) is 0 Å². The third-order valence-electron chi connectivity index (χ3n) is 5.60. The van der Waals surface area contributed by atoms with E-state index in [0.29, 0.717) is 11.8 Å². The lowest BCUT2D eigenvalue weighted by atomic mass is 9.68. The van der Waals surface area contributed by atoms with E-state index < -0.39 is 8.07 Å². The van der Waals surface area contributed by atoms with Gasteiger partial charge in [-0.3, -0.25) is 4.79 Å². The van der Waals surface area contributed by atoms with Gasteiger partial charge in [0.2, 0.25) is 0 Å². The zero-order valence-corrected chi connectivity index (χ0v) is 16.3. The highest BCUT2D eigenvalue weighted by molar-refractivity contribution is 6.83. The van der Waals surface area contributed by atoms with Gasteiger partial charge in [-0.05, 0) is 42.7 Å². The lowest BCUT2D eigenvalue weighted by Gasteiger charge is -2.34. The molecular weight excluding hydrogens is 310 g/mol. The minimum atomic E-state index is -1.44. The summed E-state index contributed by atoms with van der Waals surface area (Å²) in [5.74, 6) is 5.58. The molecule has 1 saturated carbocycles. The summed E-state index contributed by atoms with van der Waals surface area (Å²) >= 11 is 0. The van der Waals surface area contributed by atoms with Crippen LogP contribution in [0.1, 0.15) is 36.7 Å². The molecule has 128 valence electrons. The van der Waals surface area contributed by atoms with Crippen molar-refractivity contribution in [1.29, 1.82) is 0 Å². The number of ketones is 1. The first-order valence-corrected chi connectivity index (χ1v) is 12.8. The Hall–Kier alpha value is -1.53. The Morgan fingerprint density at radius 2 is 2.08 bits per heavy atom. The second-order valence-electron chi connectivity index (χ2n) is 8.39. The quantitative estimate of drug-likeness (QED) is 0.360. The first-order valence-electron chi connectivity index (χ1n) is 9.29. The van der Waals surface area contributed by atoms with Crippen LogP contribution in [0.25, 0.3) is 0 Å². The van der Waals surface area contributed by atoms with Crippen LogP contribution < -0.4 is 0 Å². The molecule has 24 heavy (non-hydrogen) atoms. The molecule has 0 saturated heterocycles. The molecule has 0 amide bonds. The Balaban J connectivity index is 1.96. The van der Waals surface area contributed by atoms with Crippen molar-refractivity contribution >= 4 is 13.9 Å². The Morgan fingerprint density at radius 3 is 2.71 bits per heavy atom. The van der Waals surface area contributed by atoms with E-state index in [9.17, 15) is 4.79 Å². The summed E-state index contributed by atoms with van der Waals surface area (Å²) < 4.78 is 0. The van der Waals surface area contributed by atoms with Crippen molar-refractivity contribution in [3.05, 3.63) is 36.2 Å². The topological polar surface area (TPSA) is 32.9 Å². The largest absolute Gasteiger partial charge is 0.359 e. The van der Waals surface area contributed by atoms with Crippen LogP contribution in [0.2, 0.25) is 19.6 Å². The van der Waals surface area contributed by atoms with Gasteiger partial charge >= 0.3 is 0 Å². The maximum atomic E-state index is 13.2. The molecule has 0 spiro atoms. The lowest BCUT2D eigenvalue weighted by molar-refractivity contribution is 0.0808. The molecule has 1 aromatic rings. The molecule has 0 unspecified atom stereocenters. The van der Waals surface area contributed by atoms with Gasteiger partial charge in [-0.15, -0.1) is 11.5 Å². The molecule has 2 aliphatic carbocycles. The molecule has 0 radical (unpaired) electrons. The number of aromatic nitrogens is 1. The van der Waals surface area contributed by atoms with Crippen molar-refractivity contribution in [2.75, 3.05) is 0 Å². The Kier molecular flexibility index (Phi) is 4.87. The number of H-pyrrole nitrogens is 1. The van der Waals surface area contributed by atoms with Crippen LogP contribution in [0, 0.1) is 41.1 Å². The van der Waals surface area contributed by atoms with Gasteiger partial charge in [-0.1, -0.05) is 45.1 Å². The van der Waals surface area contributed by atoms with E-state index >= 15 is 0 Å². The van der Waals surface area contributed by atoms with Crippen molar-refractivity contribution in [2.24, 2.45) is 29.6 Å². The predicted octanol–water partition coefficient (Wildman–Crippen LogP) is 4.93. The van der Waals surface area contributed by atoms with E-state index in [1.807, 2.05) is 18.3 Å². The number of nitrogens with one attached hydrogen (secondary N) is 1. The highest BCUT2D eigenvalue weighted by Gasteiger charge is 2.46. The fourth-order valence-electron chi connectivity index (χ4n) is 4.43. The normalized spacial score (nSPS) is 32.1. The van der Waals surface area contributed by atoms with E-state index in [4.69, 9.17) is 0 Å². The number of rotatable bonds is 3. The number of hydrogen-bond acceptors (Lipinski definition) is 1. The molecule has 2 nitrogen and oxygen atoms in total. The summed E-state index contributed by atoms with van der Waals surface area (Å²) in [5.41, 5.74) is 4.25. The van der Waals surface area contributed by atoms with Gasteiger partial charge in [-0.25, -0.2) is 0 Å². The minimum absolute atomic E-state index is 0.0130. The lowest BCUT2D eigenvalue weighted by Crippen LogP contribution is -2.36. The number of carbonyl (C=O) groups excluding carboxylic acids is 1. The average molecular weight is 340 g/mol. The zero-order chi connectivity index (χ0) is 17.3. The van der Waals surface area contributed by atoms with E-state index in [-0.39, 0.29) is 17.6 Å². The highest BCUT2D eigenvalue weighted by Crippen LogP contribution is 2.49. The van der Waals surface area contributed by atoms with Crippen LogP contribution in [0.4, 0.5) is 0 Å². The summed E-state index contributed by atoms with van der Waals surface area (Å²) in [6, 6.07) is 3.82. The van der Waals surface area contributed by atoms with Gasteiger partial charge in [0, 0.05) is 18.0 Å². The fourth-order valence-corrected chi connectivity index (χ4v) is 5.03. The number of carbonyl (C=O) groups is 1. The SMILES string of the molecule is CC[C@H]1CC[C@@H]2[C@@H]1C=C[C@@H](C#C[Si](C)(C)C)[C@H]2C(=O)c1ccc[nH]1. The fraction of sp³-hybridized carbons (Fsp3) is 0.571. The van der Waals surface area contributed by atoms with E-state index in [1.165, 1.54) is 12.8 Å². The van der Waals surface area contributed by atoms with Gasteiger partial charge < -0.3 is 4.98 Å². The monoisotopic (exact) mass is 339 g/mol. The maximum Gasteiger partial charge on any atom is 0.183 e. The summed E-state index contributed by atoms with van der Waals surface area (Å²) in [5, 5.41) is 0. The van der Waals surface area contributed by atoms with Crippen molar-refractivity contribution in [3.8, 4) is 11.5 Å². The van der Waals surface area contributed by atoms with Crippen molar-refractivity contribution in [1.82, 2.24) is 4.98 Å². The third-order valence-corrected chi connectivity index (χ3v) is 6.50. The number of allylic oxidation sites excluding steroid dienone is 2. The predicted molar refractivity (Wildman–Crippen MR) is 102 cm³/mol. The first kappa shape index (κ1) is 17.3. The standard InChI is InChI=1S/C21H29NOSi/c1-5-15-8-11-18-17(15)10-9-16(12-14-24(2,3)4)20(18)21(23)19-7-6-13-22-19/h6-7,9-10,13,15-18,20,22H,5,8,11H2,1-4H3/t15-,16-,17+,18+,20+/m0/s1. The van der Waals surface area contributed by atoms with E-state index in [1.54, 1.807) is 0 Å². The van der Waals surface area contributed by atoms with Crippen molar-refractivity contribution in [2.45, 2.75) is 45.8 Å². The van der Waals surface area contributed by atoms with Gasteiger partial charge in [-0.2, -0.15) is 0 Å². The van der Waals surface area contributed by atoms with E-state index in [2.05, 4.69) is 55.2 Å². The minimum Gasteiger partial charge on any atom is -0.359 e. The summed E-state index contributed by atoms with van der Waals surface area (Å²) in [6.45, 7) is 9.07. The van der Waals surface area contributed by atoms with Gasteiger partial charge in [0.1, 0.15) is 8.07 Å². The maximum absolute atomic E-state index is 13.2. The van der Waals surface area contributed by atoms with Crippen LogP contribution in [0.5, 0.6) is 0 Å². The molecule has 1 fully saturated rings. The number of Topliss-reactive ketones (excluding diaryl/α,β-unsaturated/α-hetero) is 1. The van der Waals surface area contributed by atoms with Crippen LogP contribution in [-0.4, -0.2) is 18.8 Å². The first-order chi connectivity index (χ1) is 11.4. The Bertz CT molecular complexity index is 671. The van der Waals surface area contributed by atoms with Crippen LogP contribution in [0.15, 0.2) is 30.5 Å². The summed E-state index contributed by atoms with van der Waals surface area (Å²) in [7, 11) is -1.44. The van der Waals surface area contributed by atoms with Crippen molar-refractivity contribution < 1.29 is 4.79 Å². The molecule has 1 heterocycles. The molecule has 0 bridgehead atoms. The third kappa shape index (κ3) is 3.44. The van der Waals surface area contributed by atoms with Crippen molar-refractivity contribution in [3.63, 3.8) is 0 Å². The zero-order valence-electron chi connectivity index (χ0n) is 15.3. The highest BCUT2D eigenvalue weighted by atomic mass is 28.3. The molecule has 5 atom stereocenters. The summed E-state index contributed by atoms with van der Waals surface area (Å²) in [4.78, 5) is 16.3. The second kappa shape index (κ2) is 6.76. The van der Waals surface area contributed by atoms with Gasteiger partial charge in [0.15, 0.2) is 5.78 Å². The molecule has 0 aromatic carbocycles. The molecular formula is C21H29NOSi. The Labute approximate surface area is 147 Å². The molecule has 1 N–H and O–H groups in total. The average Bonchev–Trinajstić information content (AvgIpc) is 3.20. The Morgan fingerprint density at radius 1 is 1.29 bits per heavy atom. The number of hydrogen-bond donors (Lipinski definition) is 1.